The lowest BCUT2D eigenvalue weighted by atomic mass is 9.95. The van der Waals surface area contributed by atoms with E-state index < -0.39 is 0 Å². The summed E-state index contributed by atoms with van der Waals surface area (Å²) >= 11 is 3.84. The fraction of sp³-hybridized carbons (Fsp3) is 0.533. The Labute approximate surface area is 123 Å². The van der Waals surface area contributed by atoms with Gasteiger partial charge in [-0.2, -0.15) is 11.8 Å². The Balaban J connectivity index is 1.59. The van der Waals surface area contributed by atoms with Crippen molar-refractivity contribution in [1.29, 1.82) is 0 Å². The van der Waals surface area contributed by atoms with Crippen LogP contribution in [0.25, 0.3) is 10.2 Å². The van der Waals surface area contributed by atoms with E-state index in [1.165, 1.54) is 35.4 Å². The van der Waals surface area contributed by atoms with Crippen LogP contribution in [0.3, 0.4) is 0 Å². The van der Waals surface area contributed by atoms with Crippen LogP contribution >= 0.6 is 23.1 Å². The average molecular weight is 292 g/mol. The summed E-state index contributed by atoms with van der Waals surface area (Å²) in [6.45, 7) is 0.922. The van der Waals surface area contributed by atoms with Gasteiger partial charge in [0, 0.05) is 17.8 Å². The Kier molecular flexibility index (Phi) is 4.41. The second kappa shape index (κ2) is 6.25. The molecule has 0 spiro atoms. The number of benzene rings is 1. The number of hydrogen-bond donors (Lipinski definition) is 1. The van der Waals surface area contributed by atoms with Crippen molar-refractivity contribution in [2.45, 2.75) is 43.5 Å². The van der Waals surface area contributed by atoms with Crippen molar-refractivity contribution in [2.75, 3.05) is 6.26 Å². The molecule has 1 aromatic carbocycles. The number of fused-ring (bicyclic) bond motifs is 1. The molecule has 0 bridgehead atoms. The number of nitrogens with zero attached hydrogens (tertiary/aromatic N) is 1. The van der Waals surface area contributed by atoms with E-state index >= 15 is 0 Å². The molecular weight excluding hydrogens is 272 g/mol. The van der Waals surface area contributed by atoms with Crippen molar-refractivity contribution in [1.82, 2.24) is 10.3 Å². The lowest BCUT2D eigenvalue weighted by Crippen LogP contribution is -2.34. The number of nitrogens with one attached hydrogen (secondary N) is 1. The van der Waals surface area contributed by atoms with E-state index in [2.05, 4.69) is 40.8 Å². The van der Waals surface area contributed by atoms with Gasteiger partial charge in [-0.15, -0.1) is 11.3 Å². The Hall–Kier alpha value is -0.580. The van der Waals surface area contributed by atoms with Crippen LogP contribution in [0.2, 0.25) is 0 Å². The highest BCUT2D eigenvalue weighted by Gasteiger charge is 2.20. The number of thioether (sulfide) groups is 1. The van der Waals surface area contributed by atoms with Crippen molar-refractivity contribution >= 4 is 33.3 Å². The van der Waals surface area contributed by atoms with Crippen LogP contribution in [-0.2, 0) is 6.54 Å². The van der Waals surface area contributed by atoms with Crippen LogP contribution in [0.1, 0.15) is 30.7 Å². The first-order valence-corrected chi connectivity index (χ1v) is 9.06. The van der Waals surface area contributed by atoms with Crippen molar-refractivity contribution in [3.63, 3.8) is 0 Å². The normalized spacial score (nSPS) is 23.8. The summed E-state index contributed by atoms with van der Waals surface area (Å²) < 4.78 is 1.30. The zero-order chi connectivity index (χ0) is 13.1. The minimum absolute atomic E-state index is 0.679. The molecule has 1 saturated carbocycles. The summed E-state index contributed by atoms with van der Waals surface area (Å²) in [5.74, 6) is 0. The predicted octanol–water partition coefficient (Wildman–Crippen LogP) is 4.06. The summed E-state index contributed by atoms with van der Waals surface area (Å²) in [6.07, 6.45) is 7.62. The third kappa shape index (κ3) is 3.30. The first-order valence-electron chi connectivity index (χ1n) is 6.96. The molecule has 1 N–H and O–H groups in total. The number of thiazole rings is 1. The zero-order valence-electron chi connectivity index (χ0n) is 11.3. The van der Waals surface area contributed by atoms with Crippen molar-refractivity contribution in [3.05, 3.63) is 29.3 Å². The van der Waals surface area contributed by atoms with Crippen molar-refractivity contribution < 1.29 is 0 Å². The van der Waals surface area contributed by atoms with Crippen LogP contribution in [0.4, 0.5) is 0 Å². The van der Waals surface area contributed by atoms with Gasteiger partial charge in [-0.05, 0) is 37.7 Å². The van der Waals surface area contributed by atoms with E-state index in [-0.39, 0.29) is 0 Å². The van der Waals surface area contributed by atoms with Crippen LogP contribution in [0.5, 0.6) is 0 Å². The van der Waals surface area contributed by atoms with Gasteiger partial charge >= 0.3 is 0 Å². The minimum Gasteiger partial charge on any atom is -0.308 e. The highest BCUT2D eigenvalue weighted by atomic mass is 32.2. The highest BCUT2D eigenvalue weighted by molar-refractivity contribution is 7.99. The summed E-state index contributed by atoms with van der Waals surface area (Å²) in [6, 6.07) is 9.07. The number of para-hydroxylation sites is 1. The van der Waals surface area contributed by atoms with Gasteiger partial charge in [-0.25, -0.2) is 4.98 Å². The zero-order valence-corrected chi connectivity index (χ0v) is 12.9. The first kappa shape index (κ1) is 13.4. The fourth-order valence-electron chi connectivity index (χ4n) is 2.77. The number of aromatic nitrogens is 1. The van der Waals surface area contributed by atoms with Gasteiger partial charge < -0.3 is 5.32 Å². The van der Waals surface area contributed by atoms with Crippen molar-refractivity contribution in [2.24, 2.45) is 0 Å². The van der Waals surface area contributed by atoms with Gasteiger partial charge in [0.15, 0.2) is 0 Å². The van der Waals surface area contributed by atoms with Crippen LogP contribution in [0.15, 0.2) is 24.3 Å². The van der Waals surface area contributed by atoms with Crippen LogP contribution in [-0.4, -0.2) is 22.5 Å². The molecule has 2 unspecified atom stereocenters. The second-order valence-electron chi connectivity index (χ2n) is 5.18. The van der Waals surface area contributed by atoms with Gasteiger partial charge in [0.25, 0.3) is 0 Å². The van der Waals surface area contributed by atoms with E-state index in [4.69, 9.17) is 0 Å². The minimum atomic E-state index is 0.679. The molecule has 1 heterocycles. The lowest BCUT2D eigenvalue weighted by molar-refractivity contribution is 0.379. The third-order valence-corrected chi connectivity index (χ3v) is 5.97. The molecule has 1 aromatic heterocycles. The SMILES string of the molecule is CSC1CCCC(NCc2nc3ccccc3s2)C1. The van der Waals surface area contributed by atoms with Gasteiger partial charge in [0.05, 0.1) is 10.2 Å². The Morgan fingerprint density at radius 2 is 2.26 bits per heavy atom. The maximum atomic E-state index is 4.69. The smallest absolute Gasteiger partial charge is 0.108 e. The topological polar surface area (TPSA) is 24.9 Å². The summed E-state index contributed by atoms with van der Waals surface area (Å²) in [5, 5.41) is 5.76. The number of rotatable bonds is 4. The molecule has 3 rings (SSSR count). The highest BCUT2D eigenvalue weighted by Crippen LogP contribution is 2.27. The molecule has 4 heteroatoms. The monoisotopic (exact) mass is 292 g/mol. The lowest BCUT2D eigenvalue weighted by Gasteiger charge is -2.28. The molecule has 19 heavy (non-hydrogen) atoms. The van der Waals surface area contributed by atoms with E-state index in [0.29, 0.717) is 6.04 Å². The molecule has 1 aliphatic rings. The molecule has 0 radical (unpaired) electrons. The average Bonchev–Trinajstić information content (AvgIpc) is 2.88. The van der Waals surface area contributed by atoms with E-state index in [1.54, 1.807) is 0 Å². The summed E-state index contributed by atoms with van der Waals surface area (Å²) in [5.41, 5.74) is 1.13. The molecule has 0 saturated heterocycles. The Morgan fingerprint density at radius 1 is 1.37 bits per heavy atom. The van der Waals surface area contributed by atoms with E-state index in [1.807, 2.05) is 23.1 Å². The molecular formula is C15H20N2S2. The maximum Gasteiger partial charge on any atom is 0.108 e. The summed E-state index contributed by atoms with van der Waals surface area (Å²) in [7, 11) is 0. The van der Waals surface area contributed by atoms with Gasteiger partial charge in [0.2, 0.25) is 0 Å². The standard InChI is InChI=1S/C15H20N2S2/c1-18-12-6-4-5-11(9-12)16-10-15-17-13-7-2-3-8-14(13)19-15/h2-3,7-8,11-12,16H,4-6,9-10H2,1H3. The number of hydrogen-bond acceptors (Lipinski definition) is 4. The molecule has 102 valence electrons. The maximum absolute atomic E-state index is 4.69. The molecule has 0 amide bonds. The molecule has 2 aromatic rings. The quantitative estimate of drug-likeness (QED) is 0.920. The van der Waals surface area contributed by atoms with Crippen LogP contribution < -0.4 is 5.32 Å². The molecule has 1 fully saturated rings. The summed E-state index contributed by atoms with van der Waals surface area (Å²) in [4.78, 5) is 4.69. The van der Waals surface area contributed by atoms with Crippen molar-refractivity contribution in [3.8, 4) is 0 Å². The third-order valence-electron chi connectivity index (χ3n) is 3.84. The first-order chi connectivity index (χ1) is 9.35. The molecule has 2 nitrogen and oxygen atoms in total. The second-order valence-corrected chi connectivity index (χ2v) is 7.43. The van der Waals surface area contributed by atoms with E-state index in [9.17, 15) is 0 Å². The predicted molar refractivity (Wildman–Crippen MR) is 86.0 cm³/mol. The molecule has 2 atom stereocenters. The van der Waals surface area contributed by atoms with Gasteiger partial charge in [-0.1, -0.05) is 18.6 Å². The van der Waals surface area contributed by atoms with Gasteiger partial charge in [0.1, 0.15) is 5.01 Å². The molecule has 0 aliphatic heterocycles. The van der Waals surface area contributed by atoms with Gasteiger partial charge in [-0.3, -0.25) is 0 Å². The Bertz CT molecular complexity index is 505. The fourth-order valence-corrected chi connectivity index (χ4v) is 4.52. The largest absolute Gasteiger partial charge is 0.308 e. The Morgan fingerprint density at radius 3 is 3.11 bits per heavy atom. The van der Waals surface area contributed by atoms with E-state index in [0.717, 1.165) is 17.3 Å². The molecule has 1 aliphatic carbocycles. The van der Waals surface area contributed by atoms with Crippen LogP contribution in [0, 0.1) is 0 Å².